The van der Waals surface area contributed by atoms with E-state index in [9.17, 15) is 10.2 Å². The topological polar surface area (TPSA) is 117 Å². The summed E-state index contributed by atoms with van der Waals surface area (Å²) in [5, 5.41) is 20.0. The van der Waals surface area contributed by atoms with Crippen LogP contribution >= 0.6 is 0 Å². The van der Waals surface area contributed by atoms with Gasteiger partial charge in [-0.05, 0) is 29.8 Å². The normalized spacial score (nSPS) is 11.3. The first-order valence-electron chi connectivity index (χ1n) is 8.44. The third-order valence-corrected chi connectivity index (χ3v) is 4.09. The number of aromatic hydroxyl groups is 2. The average Bonchev–Trinajstić information content (AvgIpc) is 2.68. The minimum atomic E-state index is -0.107. The Morgan fingerprint density at radius 3 is 2.39 bits per heavy atom. The van der Waals surface area contributed by atoms with Crippen molar-refractivity contribution in [3.63, 3.8) is 0 Å². The van der Waals surface area contributed by atoms with Crippen LogP contribution in [0.25, 0.3) is 22.4 Å². The second-order valence-corrected chi connectivity index (χ2v) is 6.23. The number of phenolic OH excluding ortho intramolecular Hbond substituents is 2. The van der Waals surface area contributed by atoms with Crippen LogP contribution in [0.4, 0.5) is 5.95 Å². The molecule has 0 bridgehead atoms. The van der Waals surface area contributed by atoms with Gasteiger partial charge in [-0.1, -0.05) is 12.1 Å². The zero-order valence-electron chi connectivity index (χ0n) is 15.8. The van der Waals surface area contributed by atoms with E-state index in [0.717, 1.165) is 11.3 Å². The molecule has 2 aromatic carbocycles. The number of methoxy groups -OCH3 is 1. The van der Waals surface area contributed by atoms with Crippen molar-refractivity contribution in [1.82, 2.24) is 14.9 Å². The molecule has 0 aliphatic carbocycles. The van der Waals surface area contributed by atoms with E-state index in [1.54, 1.807) is 38.4 Å². The highest BCUT2D eigenvalue weighted by Crippen LogP contribution is 2.37. The second kappa shape index (κ2) is 7.83. The van der Waals surface area contributed by atoms with Gasteiger partial charge < -0.3 is 25.6 Å². The fourth-order valence-corrected chi connectivity index (χ4v) is 2.54. The number of rotatable bonds is 4. The van der Waals surface area contributed by atoms with Gasteiger partial charge in [0.2, 0.25) is 0 Å². The smallest absolute Gasteiger partial charge is 0.253 e. The first-order valence-corrected chi connectivity index (χ1v) is 8.44. The van der Waals surface area contributed by atoms with Crippen LogP contribution in [0.2, 0.25) is 0 Å². The van der Waals surface area contributed by atoms with Gasteiger partial charge in [0.25, 0.3) is 5.95 Å². The van der Waals surface area contributed by atoms with Crippen molar-refractivity contribution in [2.24, 2.45) is 10.7 Å². The molecule has 0 aliphatic rings. The Balaban J connectivity index is 2.19. The third-order valence-electron chi connectivity index (χ3n) is 4.09. The minimum absolute atomic E-state index is 0.0450. The van der Waals surface area contributed by atoms with Gasteiger partial charge >= 0.3 is 0 Å². The number of guanidine groups is 1. The molecule has 3 aromatic rings. The van der Waals surface area contributed by atoms with Gasteiger partial charge in [-0.15, -0.1) is 0 Å². The molecule has 8 nitrogen and oxygen atoms in total. The molecule has 0 aliphatic heterocycles. The van der Waals surface area contributed by atoms with Gasteiger partial charge in [0, 0.05) is 37.5 Å². The predicted molar refractivity (Wildman–Crippen MR) is 108 cm³/mol. The van der Waals surface area contributed by atoms with Crippen molar-refractivity contribution in [3.8, 4) is 39.6 Å². The maximum absolute atomic E-state index is 10.4. The molecule has 1 heterocycles. The summed E-state index contributed by atoms with van der Waals surface area (Å²) < 4.78 is 5.20. The van der Waals surface area contributed by atoms with Crippen molar-refractivity contribution < 1.29 is 14.9 Å². The molecule has 8 heteroatoms. The highest BCUT2D eigenvalue weighted by atomic mass is 16.5. The van der Waals surface area contributed by atoms with Gasteiger partial charge in [0.15, 0.2) is 5.96 Å². The summed E-state index contributed by atoms with van der Waals surface area (Å²) in [6.07, 6.45) is 1.62. The Morgan fingerprint density at radius 2 is 1.79 bits per heavy atom. The van der Waals surface area contributed by atoms with Crippen LogP contribution in [-0.4, -0.2) is 52.2 Å². The highest BCUT2D eigenvalue weighted by molar-refractivity contribution is 5.85. The number of nitrogens with zero attached hydrogens (tertiary/aromatic N) is 4. The molecule has 144 valence electrons. The number of ether oxygens (including phenoxy) is 1. The van der Waals surface area contributed by atoms with Gasteiger partial charge in [0.05, 0.1) is 12.8 Å². The Hall–Kier alpha value is -3.81. The molecular formula is C20H21N5O3. The molecule has 1 aromatic heterocycles. The van der Waals surface area contributed by atoms with E-state index in [1.807, 2.05) is 24.3 Å². The molecule has 0 spiro atoms. The summed E-state index contributed by atoms with van der Waals surface area (Å²) in [5.74, 6) is 0.975. The Kier molecular flexibility index (Phi) is 5.30. The van der Waals surface area contributed by atoms with E-state index in [4.69, 9.17) is 10.5 Å². The summed E-state index contributed by atoms with van der Waals surface area (Å²) in [5.41, 5.74) is 8.28. The summed E-state index contributed by atoms with van der Waals surface area (Å²) in [6.45, 7) is 0. The van der Waals surface area contributed by atoms with Crippen LogP contribution in [0.15, 0.2) is 53.7 Å². The first-order chi connectivity index (χ1) is 13.4. The van der Waals surface area contributed by atoms with Crippen molar-refractivity contribution in [3.05, 3.63) is 48.7 Å². The number of aromatic nitrogens is 2. The molecular weight excluding hydrogens is 358 g/mol. The van der Waals surface area contributed by atoms with E-state index in [2.05, 4.69) is 15.0 Å². The van der Waals surface area contributed by atoms with Gasteiger partial charge in [0.1, 0.15) is 17.2 Å². The van der Waals surface area contributed by atoms with Crippen LogP contribution in [0.5, 0.6) is 17.2 Å². The lowest BCUT2D eigenvalue weighted by Crippen LogP contribution is -2.30. The number of phenols is 2. The van der Waals surface area contributed by atoms with Crippen LogP contribution in [0, 0.1) is 0 Å². The number of aliphatic imine (C=N–C) groups is 1. The van der Waals surface area contributed by atoms with Gasteiger partial charge in [-0.3, -0.25) is 0 Å². The average molecular weight is 379 g/mol. The lowest BCUT2D eigenvalue weighted by Gasteiger charge is -2.13. The maximum atomic E-state index is 10.4. The van der Waals surface area contributed by atoms with Crippen molar-refractivity contribution >= 4 is 11.9 Å². The summed E-state index contributed by atoms with van der Waals surface area (Å²) in [4.78, 5) is 14.6. The van der Waals surface area contributed by atoms with Crippen LogP contribution in [0.3, 0.4) is 0 Å². The van der Waals surface area contributed by atoms with Crippen LogP contribution in [0.1, 0.15) is 0 Å². The SMILES string of the molecule is COc1ccc(-c2cnc(/N=C(/N)N(C)C)nc2-c2ccc(O)cc2O)cc1. The molecule has 0 unspecified atom stereocenters. The lowest BCUT2D eigenvalue weighted by molar-refractivity contribution is 0.415. The minimum Gasteiger partial charge on any atom is -0.508 e. The monoisotopic (exact) mass is 379 g/mol. The Labute approximate surface area is 162 Å². The van der Waals surface area contributed by atoms with Crippen molar-refractivity contribution in [1.29, 1.82) is 0 Å². The number of nitrogens with two attached hydrogens (primary N) is 1. The molecule has 0 radical (unpaired) electrons. The largest absolute Gasteiger partial charge is 0.508 e. The lowest BCUT2D eigenvalue weighted by atomic mass is 10.00. The number of benzene rings is 2. The van der Waals surface area contributed by atoms with E-state index < -0.39 is 0 Å². The van der Waals surface area contributed by atoms with E-state index in [1.165, 1.54) is 12.1 Å². The first kappa shape index (κ1) is 19.0. The fourth-order valence-electron chi connectivity index (χ4n) is 2.54. The van der Waals surface area contributed by atoms with Gasteiger partial charge in [-0.2, -0.15) is 4.99 Å². The second-order valence-electron chi connectivity index (χ2n) is 6.23. The number of hydrogen-bond acceptors (Lipinski definition) is 6. The highest BCUT2D eigenvalue weighted by Gasteiger charge is 2.16. The molecule has 28 heavy (non-hydrogen) atoms. The Bertz CT molecular complexity index is 1020. The standard InChI is InChI=1S/C20H21N5O3/c1-25(2)19(21)24-20-22-11-16(12-4-7-14(28-3)8-5-12)18(23-20)15-9-6-13(26)10-17(15)27/h4-11,26-27H,1-3H3,(H2,21,22,23,24). The maximum Gasteiger partial charge on any atom is 0.253 e. The zero-order valence-corrected chi connectivity index (χ0v) is 15.8. The summed E-state index contributed by atoms with van der Waals surface area (Å²) in [6, 6.07) is 11.7. The Morgan fingerprint density at radius 1 is 1.07 bits per heavy atom. The van der Waals surface area contributed by atoms with E-state index >= 15 is 0 Å². The quantitative estimate of drug-likeness (QED) is 0.471. The number of hydrogen-bond donors (Lipinski definition) is 3. The van der Waals surface area contributed by atoms with Crippen LogP contribution < -0.4 is 10.5 Å². The fraction of sp³-hybridized carbons (Fsp3) is 0.150. The predicted octanol–water partition coefficient (Wildman–Crippen LogP) is 2.74. The van der Waals surface area contributed by atoms with E-state index in [-0.39, 0.29) is 23.4 Å². The molecule has 3 rings (SSSR count). The van der Waals surface area contributed by atoms with Crippen molar-refractivity contribution in [2.75, 3.05) is 21.2 Å². The van der Waals surface area contributed by atoms with Crippen LogP contribution in [-0.2, 0) is 0 Å². The molecule has 4 N–H and O–H groups in total. The molecule has 0 atom stereocenters. The molecule has 0 saturated heterocycles. The summed E-state index contributed by atoms with van der Waals surface area (Å²) in [7, 11) is 5.12. The van der Waals surface area contributed by atoms with E-state index in [0.29, 0.717) is 16.8 Å². The third kappa shape index (κ3) is 3.96. The van der Waals surface area contributed by atoms with Crippen molar-refractivity contribution in [2.45, 2.75) is 0 Å². The molecule has 0 fully saturated rings. The zero-order chi connectivity index (χ0) is 20.3. The van der Waals surface area contributed by atoms with Gasteiger partial charge in [-0.25, -0.2) is 9.97 Å². The molecule has 0 amide bonds. The summed E-state index contributed by atoms with van der Waals surface area (Å²) >= 11 is 0. The molecule has 0 saturated carbocycles.